The third kappa shape index (κ3) is 3.12. The Labute approximate surface area is 186 Å². The van der Waals surface area contributed by atoms with Crippen LogP contribution in [0.2, 0.25) is 0 Å². The van der Waals surface area contributed by atoms with E-state index in [4.69, 9.17) is 15.0 Å². The van der Waals surface area contributed by atoms with Crippen molar-refractivity contribution >= 4 is 27.4 Å². The number of allylic oxidation sites excluding steroid dienone is 4. The molecule has 2 heterocycles. The number of para-hydroxylation sites is 2. The number of aryl methyl sites for hydroxylation is 1. The largest absolute Gasteiger partial charge is 0.278 e. The Morgan fingerprint density at radius 3 is 2.12 bits per heavy atom. The van der Waals surface area contributed by atoms with E-state index < -0.39 is 0 Å². The van der Waals surface area contributed by atoms with E-state index in [0.29, 0.717) is 17.6 Å². The zero-order chi connectivity index (χ0) is 21.5. The zero-order valence-electron chi connectivity index (χ0n) is 17.9. The predicted octanol–water partition coefficient (Wildman–Crippen LogP) is 6.68. The lowest BCUT2D eigenvalue weighted by Gasteiger charge is -2.12. The Bertz CT molecular complexity index is 1480. The van der Waals surface area contributed by atoms with E-state index in [9.17, 15) is 0 Å². The van der Waals surface area contributed by atoms with Gasteiger partial charge in [-0.1, -0.05) is 78.4 Å². The normalized spacial score (nSPS) is 13.6. The van der Waals surface area contributed by atoms with Crippen molar-refractivity contribution in [3.63, 3.8) is 0 Å². The second kappa shape index (κ2) is 7.57. The number of benzene rings is 3. The molecule has 0 spiro atoms. The monoisotopic (exact) mass is 414 g/mol. The highest BCUT2D eigenvalue weighted by Crippen LogP contribution is 2.32. The van der Waals surface area contributed by atoms with Crippen LogP contribution in [0.3, 0.4) is 0 Å². The van der Waals surface area contributed by atoms with Crippen LogP contribution in [0.5, 0.6) is 0 Å². The molecule has 6 rings (SSSR count). The number of nitrogens with zero attached hydrogens (tertiary/aromatic N) is 4. The topological polar surface area (TPSA) is 43.6 Å². The highest BCUT2D eigenvalue weighted by molar-refractivity contribution is 6.08. The van der Waals surface area contributed by atoms with E-state index in [1.165, 1.54) is 16.3 Å². The third-order valence-corrected chi connectivity index (χ3v) is 5.93. The summed E-state index contributed by atoms with van der Waals surface area (Å²) in [5.74, 6) is 2.04. The minimum absolute atomic E-state index is 0.642. The molecule has 4 heteroatoms. The van der Waals surface area contributed by atoms with Gasteiger partial charge in [-0.15, -0.1) is 0 Å². The van der Waals surface area contributed by atoms with E-state index in [1.807, 2.05) is 6.07 Å². The van der Waals surface area contributed by atoms with E-state index in [2.05, 4.69) is 96.4 Å². The van der Waals surface area contributed by atoms with Crippen molar-refractivity contribution < 1.29 is 0 Å². The standard InChI is InChI=1S/C28H22N4/c1-19-10-9-13-21(18-19)27-29-26(20-11-3-2-4-12-20)30-28(31-27)32-24-16-7-5-14-22(24)23-15-6-8-17-25(23)32/h3,5-18H,2,4H2,1H3. The highest BCUT2D eigenvalue weighted by Gasteiger charge is 2.17. The second-order valence-electron chi connectivity index (χ2n) is 8.16. The van der Waals surface area contributed by atoms with Crippen LogP contribution in [0.4, 0.5) is 0 Å². The lowest BCUT2D eigenvalue weighted by Crippen LogP contribution is -2.08. The Morgan fingerprint density at radius 1 is 0.719 bits per heavy atom. The lowest BCUT2D eigenvalue weighted by atomic mass is 10.1. The minimum Gasteiger partial charge on any atom is -0.278 e. The summed E-state index contributed by atoms with van der Waals surface area (Å²) in [5, 5.41) is 2.39. The highest BCUT2D eigenvalue weighted by atomic mass is 15.2. The van der Waals surface area contributed by atoms with Crippen molar-refractivity contribution in [1.82, 2.24) is 19.5 Å². The Morgan fingerprint density at radius 2 is 1.44 bits per heavy atom. The SMILES string of the molecule is Cc1cccc(-c2nc(C3=CCCC=C3)nc(-n3c4ccccc4c4ccccc43)n2)c1. The summed E-state index contributed by atoms with van der Waals surface area (Å²) in [4.78, 5) is 14.8. The predicted molar refractivity (Wildman–Crippen MR) is 131 cm³/mol. The smallest absolute Gasteiger partial charge is 0.238 e. The maximum absolute atomic E-state index is 4.97. The van der Waals surface area contributed by atoms with Gasteiger partial charge in [0.1, 0.15) is 0 Å². The summed E-state index contributed by atoms with van der Waals surface area (Å²) >= 11 is 0. The zero-order valence-corrected chi connectivity index (χ0v) is 17.9. The number of fused-ring (bicyclic) bond motifs is 3. The van der Waals surface area contributed by atoms with Gasteiger partial charge in [0.2, 0.25) is 5.95 Å². The maximum atomic E-state index is 4.97. The van der Waals surface area contributed by atoms with Crippen LogP contribution < -0.4 is 0 Å². The van der Waals surface area contributed by atoms with Crippen LogP contribution >= 0.6 is 0 Å². The van der Waals surface area contributed by atoms with Crippen molar-refractivity contribution in [2.75, 3.05) is 0 Å². The third-order valence-electron chi connectivity index (χ3n) is 5.93. The molecule has 4 nitrogen and oxygen atoms in total. The van der Waals surface area contributed by atoms with Crippen LogP contribution in [0.15, 0.2) is 91.0 Å². The first-order valence-corrected chi connectivity index (χ1v) is 11.0. The minimum atomic E-state index is 0.642. The van der Waals surface area contributed by atoms with E-state index >= 15 is 0 Å². The average Bonchev–Trinajstić information content (AvgIpc) is 3.19. The molecule has 1 aliphatic rings. The van der Waals surface area contributed by atoms with Gasteiger partial charge in [-0.2, -0.15) is 9.97 Å². The quantitative estimate of drug-likeness (QED) is 0.331. The fourth-order valence-corrected chi connectivity index (χ4v) is 4.42. The summed E-state index contributed by atoms with van der Waals surface area (Å²) in [6.07, 6.45) is 8.58. The van der Waals surface area contributed by atoms with Gasteiger partial charge >= 0.3 is 0 Å². The van der Waals surface area contributed by atoms with Gasteiger partial charge in [0.15, 0.2) is 11.6 Å². The van der Waals surface area contributed by atoms with Crippen molar-refractivity contribution in [3.8, 4) is 17.3 Å². The first kappa shape index (κ1) is 18.7. The van der Waals surface area contributed by atoms with Gasteiger partial charge in [0.05, 0.1) is 11.0 Å². The fourth-order valence-electron chi connectivity index (χ4n) is 4.42. The average molecular weight is 415 g/mol. The van der Waals surface area contributed by atoms with Crippen molar-refractivity contribution in [2.45, 2.75) is 19.8 Å². The molecule has 0 radical (unpaired) electrons. The molecule has 0 N–H and O–H groups in total. The molecule has 0 saturated heterocycles. The second-order valence-corrected chi connectivity index (χ2v) is 8.16. The molecular formula is C28H22N4. The van der Waals surface area contributed by atoms with E-state index in [1.54, 1.807) is 0 Å². The van der Waals surface area contributed by atoms with Gasteiger partial charge in [0, 0.05) is 21.9 Å². The number of hydrogen-bond acceptors (Lipinski definition) is 3. The van der Waals surface area contributed by atoms with Gasteiger partial charge in [0.25, 0.3) is 0 Å². The molecule has 3 aromatic carbocycles. The van der Waals surface area contributed by atoms with Gasteiger partial charge < -0.3 is 0 Å². The van der Waals surface area contributed by atoms with Gasteiger partial charge in [-0.25, -0.2) is 4.98 Å². The molecule has 2 aromatic heterocycles. The molecule has 0 aliphatic heterocycles. The summed E-state index contributed by atoms with van der Waals surface area (Å²) in [6, 6.07) is 25.2. The molecule has 0 unspecified atom stereocenters. The van der Waals surface area contributed by atoms with Gasteiger partial charge in [-0.3, -0.25) is 4.57 Å². The molecule has 154 valence electrons. The summed E-state index contributed by atoms with van der Waals surface area (Å²) in [5.41, 5.74) is 5.41. The number of aromatic nitrogens is 4. The summed E-state index contributed by atoms with van der Waals surface area (Å²) in [6.45, 7) is 2.09. The maximum Gasteiger partial charge on any atom is 0.238 e. The number of rotatable bonds is 3. The van der Waals surface area contributed by atoms with Crippen molar-refractivity contribution in [1.29, 1.82) is 0 Å². The van der Waals surface area contributed by atoms with E-state index in [-0.39, 0.29) is 0 Å². The molecule has 0 fully saturated rings. The molecular weight excluding hydrogens is 392 g/mol. The molecule has 0 saturated carbocycles. The number of hydrogen-bond donors (Lipinski definition) is 0. The van der Waals surface area contributed by atoms with Crippen molar-refractivity contribution in [2.24, 2.45) is 0 Å². The summed E-state index contributed by atoms with van der Waals surface area (Å²) < 4.78 is 2.16. The lowest BCUT2D eigenvalue weighted by molar-refractivity contribution is 0.927. The Balaban J connectivity index is 1.67. The molecule has 0 bridgehead atoms. The van der Waals surface area contributed by atoms with Crippen LogP contribution in [-0.2, 0) is 0 Å². The molecule has 0 amide bonds. The molecule has 1 aliphatic carbocycles. The van der Waals surface area contributed by atoms with Gasteiger partial charge in [-0.05, 0) is 38.0 Å². The molecule has 5 aromatic rings. The van der Waals surface area contributed by atoms with E-state index in [0.717, 1.165) is 35.0 Å². The van der Waals surface area contributed by atoms with Crippen LogP contribution in [0, 0.1) is 6.92 Å². The first-order valence-electron chi connectivity index (χ1n) is 11.0. The Kier molecular flexibility index (Phi) is 4.43. The van der Waals surface area contributed by atoms with Crippen molar-refractivity contribution in [3.05, 3.63) is 102 Å². The molecule has 0 atom stereocenters. The van der Waals surface area contributed by atoms with Crippen LogP contribution in [-0.4, -0.2) is 19.5 Å². The summed E-state index contributed by atoms with van der Waals surface area (Å²) in [7, 11) is 0. The fraction of sp³-hybridized carbons (Fsp3) is 0.107. The molecule has 32 heavy (non-hydrogen) atoms. The van der Waals surface area contributed by atoms with Crippen LogP contribution in [0.1, 0.15) is 24.2 Å². The first-order chi connectivity index (χ1) is 15.8. The Hall–Kier alpha value is -4.05. The van der Waals surface area contributed by atoms with Crippen LogP contribution in [0.25, 0.3) is 44.7 Å².